The Morgan fingerprint density at radius 1 is 1.14 bits per heavy atom. The van der Waals surface area contributed by atoms with Gasteiger partial charge in [0.15, 0.2) is 5.78 Å². The van der Waals surface area contributed by atoms with Crippen molar-refractivity contribution in [3.63, 3.8) is 0 Å². The zero-order valence-corrected chi connectivity index (χ0v) is 25.7. The Hall–Kier alpha value is -3.26. The lowest BCUT2D eigenvalue weighted by Crippen LogP contribution is -2.53. The van der Waals surface area contributed by atoms with E-state index in [-0.39, 0.29) is 24.5 Å². The van der Waals surface area contributed by atoms with Crippen LogP contribution in [0.2, 0.25) is 0 Å². The molecule has 43 heavy (non-hydrogen) atoms. The van der Waals surface area contributed by atoms with Gasteiger partial charge in [-0.1, -0.05) is 42.9 Å². The molecule has 228 valence electrons. The van der Waals surface area contributed by atoms with E-state index in [0.717, 1.165) is 11.1 Å². The second-order valence-electron chi connectivity index (χ2n) is 14.5. The van der Waals surface area contributed by atoms with Gasteiger partial charge in [-0.15, -0.1) is 0 Å². The molecule has 11 atom stereocenters. The number of hydrogen-bond donors (Lipinski definition) is 1. The molecule has 1 N–H and O–H groups in total. The topological polar surface area (TPSA) is 116 Å². The van der Waals surface area contributed by atoms with E-state index in [2.05, 4.69) is 6.58 Å². The van der Waals surface area contributed by atoms with Crippen LogP contribution < -0.4 is 0 Å². The maximum atomic E-state index is 14.7. The van der Waals surface area contributed by atoms with Crippen LogP contribution in [0.15, 0.2) is 58.7 Å². The third kappa shape index (κ3) is 3.20. The van der Waals surface area contributed by atoms with Crippen molar-refractivity contribution in [3.8, 4) is 0 Å². The van der Waals surface area contributed by atoms with Crippen LogP contribution in [0, 0.1) is 39.9 Å². The monoisotopic (exact) mass is 588 g/mol. The van der Waals surface area contributed by atoms with Gasteiger partial charge in [0.1, 0.15) is 18.3 Å². The lowest BCUT2D eigenvalue weighted by molar-refractivity contribution is -0.159. The first-order valence-corrected chi connectivity index (χ1v) is 15.4. The zero-order chi connectivity index (χ0) is 31.0. The maximum absolute atomic E-state index is 14.7. The van der Waals surface area contributed by atoms with Crippen molar-refractivity contribution in [1.82, 2.24) is 0 Å². The molecule has 2 heterocycles. The molecule has 5 aliphatic carbocycles. The van der Waals surface area contributed by atoms with E-state index < -0.39 is 75.8 Å². The largest absolute Gasteiger partial charge is 0.460 e. The highest BCUT2D eigenvalue weighted by Gasteiger charge is 2.84. The van der Waals surface area contributed by atoms with Gasteiger partial charge in [-0.05, 0) is 60.0 Å². The summed E-state index contributed by atoms with van der Waals surface area (Å²) in [7, 11) is 0. The smallest absolute Gasteiger partial charge is 0.334 e. The first kappa shape index (κ1) is 28.5. The Morgan fingerprint density at radius 3 is 2.56 bits per heavy atom. The first-order chi connectivity index (χ1) is 20.1. The summed E-state index contributed by atoms with van der Waals surface area (Å²) >= 11 is 0. The minimum Gasteiger partial charge on any atom is -0.460 e. The Bertz CT molecular complexity index is 1540. The second kappa shape index (κ2) is 8.68. The number of allylic oxidation sites excluding steroid dienone is 3. The van der Waals surface area contributed by atoms with Gasteiger partial charge in [0, 0.05) is 51.7 Å². The summed E-state index contributed by atoms with van der Waals surface area (Å²) in [5.41, 5.74) is -1.13. The van der Waals surface area contributed by atoms with Crippen molar-refractivity contribution in [3.05, 3.63) is 58.7 Å². The first-order valence-electron chi connectivity index (χ1n) is 15.4. The van der Waals surface area contributed by atoms with Crippen LogP contribution in [0.25, 0.3) is 0 Å². The average Bonchev–Trinajstić information content (AvgIpc) is 3.62. The van der Waals surface area contributed by atoms with Crippen LogP contribution in [-0.4, -0.2) is 52.7 Å². The van der Waals surface area contributed by atoms with Crippen molar-refractivity contribution in [2.45, 2.75) is 91.1 Å². The van der Waals surface area contributed by atoms with E-state index in [9.17, 15) is 24.3 Å². The number of rotatable bonds is 2. The SMILES string of the molecule is C=C1C(=O)O[C@@H]2[C@@H]3C4(C=C[C@]3(C)C3(C4)C(=O)O[C@@H]4[C@H]5C(C)=CC(=O)C5=C(C)C[C@H](OC(=O)/C(C)=C\C)[C@H]43)[C@](C)(O)CC[C@@H]12. The molecule has 8 nitrogen and oxygen atoms in total. The van der Waals surface area contributed by atoms with Crippen LogP contribution in [0.3, 0.4) is 0 Å². The molecular weight excluding hydrogens is 548 g/mol. The molecule has 2 aliphatic heterocycles. The fraction of sp³-hybridized carbons (Fsp3) is 0.600. The molecule has 0 aromatic heterocycles. The van der Waals surface area contributed by atoms with E-state index in [0.29, 0.717) is 29.6 Å². The molecule has 2 saturated carbocycles. The third-order valence-corrected chi connectivity index (χ3v) is 12.7. The molecule has 2 unspecified atom stereocenters. The number of carbonyl (C=O) groups is 4. The lowest BCUT2D eigenvalue weighted by atomic mass is 9.54. The van der Waals surface area contributed by atoms with Crippen molar-refractivity contribution >= 4 is 23.7 Å². The van der Waals surface area contributed by atoms with Gasteiger partial charge < -0.3 is 19.3 Å². The summed E-state index contributed by atoms with van der Waals surface area (Å²) in [5, 5.41) is 12.3. The van der Waals surface area contributed by atoms with Gasteiger partial charge >= 0.3 is 17.9 Å². The number of ether oxygens (including phenoxy) is 3. The summed E-state index contributed by atoms with van der Waals surface area (Å²) in [4.78, 5) is 54.2. The molecule has 0 aromatic carbocycles. The lowest BCUT2D eigenvalue weighted by Gasteiger charge is -2.46. The minimum atomic E-state index is -1.22. The molecule has 2 saturated heterocycles. The van der Waals surface area contributed by atoms with Crippen molar-refractivity contribution in [2.24, 2.45) is 39.9 Å². The van der Waals surface area contributed by atoms with Gasteiger partial charge in [-0.25, -0.2) is 9.59 Å². The van der Waals surface area contributed by atoms with Crippen LogP contribution >= 0.6 is 0 Å². The number of aliphatic hydroxyl groups is 1. The van der Waals surface area contributed by atoms with Crippen molar-refractivity contribution in [1.29, 1.82) is 0 Å². The molecule has 7 aliphatic rings. The Kier molecular flexibility index (Phi) is 5.75. The highest BCUT2D eigenvalue weighted by atomic mass is 16.6. The van der Waals surface area contributed by atoms with Crippen LogP contribution in [-0.2, 0) is 33.4 Å². The van der Waals surface area contributed by atoms with Gasteiger partial charge in [-0.2, -0.15) is 0 Å². The standard InChI is InChI=1S/C35H40O8/c1-8-16(2)29(37)41-22-14-18(4)23-21(36)13-17(3)24(23)27-25(22)35(31(39)43-27)15-34-12-11-32(35,6)28(34)26-20(9-10-33(34,7)40)19(5)30(38)42-26/h8,11-13,20,22,24-28,40H,5,9-10,14-15H2,1-4,6-7H3/b16-8-/t20-,22-,24-,25+,26-,27+,28-,32-,33+,34?,35?/m0/s1. The van der Waals surface area contributed by atoms with E-state index in [1.165, 1.54) is 0 Å². The third-order valence-electron chi connectivity index (χ3n) is 12.7. The van der Waals surface area contributed by atoms with Gasteiger partial charge in [0.2, 0.25) is 0 Å². The number of esters is 3. The molecule has 4 fully saturated rings. The Balaban J connectivity index is 1.44. The number of carbonyl (C=O) groups excluding carboxylic acids is 4. The molecule has 7 rings (SSSR count). The summed E-state index contributed by atoms with van der Waals surface area (Å²) < 4.78 is 18.8. The number of hydrogen-bond acceptors (Lipinski definition) is 8. The Labute approximate surface area is 251 Å². The fourth-order valence-corrected chi connectivity index (χ4v) is 10.5. The second-order valence-corrected chi connectivity index (χ2v) is 14.5. The average molecular weight is 589 g/mol. The summed E-state index contributed by atoms with van der Waals surface area (Å²) in [6.07, 6.45) is 6.82. The zero-order valence-electron chi connectivity index (χ0n) is 25.7. The van der Waals surface area contributed by atoms with E-state index >= 15 is 0 Å². The molecule has 0 radical (unpaired) electrons. The number of ketones is 1. The van der Waals surface area contributed by atoms with Gasteiger partial charge in [-0.3, -0.25) is 9.59 Å². The maximum Gasteiger partial charge on any atom is 0.334 e. The summed E-state index contributed by atoms with van der Waals surface area (Å²) in [5.74, 6) is -3.18. The van der Waals surface area contributed by atoms with Crippen LogP contribution in [0.4, 0.5) is 0 Å². The molecule has 0 amide bonds. The van der Waals surface area contributed by atoms with Gasteiger partial charge in [0.05, 0.1) is 16.9 Å². The molecule has 2 bridgehead atoms. The molecular formula is C35H40O8. The molecule has 1 spiro atoms. The van der Waals surface area contributed by atoms with Gasteiger partial charge in [0.25, 0.3) is 0 Å². The Morgan fingerprint density at radius 2 is 1.86 bits per heavy atom. The predicted molar refractivity (Wildman–Crippen MR) is 155 cm³/mol. The summed E-state index contributed by atoms with van der Waals surface area (Å²) in [6, 6.07) is 0. The fourth-order valence-electron chi connectivity index (χ4n) is 10.5. The predicted octanol–water partition coefficient (Wildman–Crippen LogP) is 4.48. The van der Waals surface area contributed by atoms with Crippen LogP contribution in [0.5, 0.6) is 0 Å². The van der Waals surface area contributed by atoms with E-state index in [1.807, 2.05) is 39.8 Å². The van der Waals surface area contributed by atoms with Crippen LogP contribution in [0.1, 0.15) is 67.2 Å². The van der Waals surface area contributed by atoms with E-state index in [4.69, 9.17) is 14.2 Å². The summed E-state index contributed by atoms with van der Waals surface area (Å²) in [6.45, 7) is 15.1. The van der Waals surface area contributed by atoms with E-state index in [1.54, 1.807) is 26.0 Å². The highest BCUT2D eigenvalue weighted by Crippen LogP contribution is 2.80. The highest BCUT2D eigenvalue weighted by molar-refractivity contribution is 6.09. The van der Waals surface area contributed by atoms with Crippen molar-refractivity contribution in [2.75, 3.05) is 0 Å². The number of fused-ring (bicyclic) bond motifs is 6. The normalized spacial score (nSPS) is 47.9. The van der Waals surface area contributed by atoms with Crippen molar-refractivity contribution < 1.29 is 38.5 Å². The minimum absolute atomic E-state index is 0.0997. The molecule has 0 aromatic rings. The quantitative estimate of drug-likeness (QED) is 0.217. The molecule has 8 heteroatoms.